The van der Waals surface area contributed by atoms with Gasteiger partial charge in [0.15, 0.2) is 0 Å². The number of methoxy groups -OCH3 is 1. The van der Waals surface area contributed by atoms with Crippen molar-refractivity contribution in [2.24, 2.45) is 0 Å². The molecule has 2 atom stereocenters. The van der Waals surface area contributed by atoms with Gasteiger partial charge < -0.3 is 19.3 Å². The first-order chi connectivity index (χ1) is 13.6. The minimum Gasteiger partial charge on any atom is -0.497 e. The first-order valence-electron chi connectivity index (χ1n) is 9.97. The van der Waals surface area contributed by atoms with Crippen molar-refractivity contribution in [3.63, 3.8) is 0 Å². The Balaban J connectivity index is 1.59. The largest absolute Gasteiger partial charge is 0.497 e. The average Bonchev–Trinajstić information content (AvgIpc) is 3.20. The third-order valence-corrected chi connectivity index (χ3v) is 5.02. The number of aliphatic hydroxyl groups excluding tert-OH is 1. The summed E-state index contributed by atoms with van der Waals surface area (Å²) in [5.74, 6) is 1.66. The van der Waals surface area contributed by atoms with Crippen LogP contribution in [0, 0.1) is 6.92 Å². The van der Waals surface area contributed by atoms with E-state index in [-0.39, 0.29) is 12.7 Å². The zero-order chi connectivity index (χ0) is 19.8. The Morgan fingerprint density at radius 3 is 2.82 bits per heavy atom. The molecule has 5 heteroatoms. The third-order valence-electron chi connectivity index (χ3n) is 5.02. The molecule has 28 heavy (non-hydrogen) atoms. The summed E-state index contributed by atoms with van der Waals surface area (Å²) in [7, 11) is 1.68. The second-order valence-corrected chi connectivity index (χ2v) is 7.41. The first-order valence-corrected chi connectivity index (χ1v) is 9.97. The molecule has 0 aliphatic carbocycles. The second kappa shape index (κ2) is 10.5. The van der Waals surface area contributed by atoms with Gasteiger partial charge in [-0.15, -0.1) is 0 Å². The van der Waals surface area contributed by atoms with Crippen molar-refractivity contribution in [2.75, 3.05) is 33.4 Å². The minimum absolute atomic E-state index is 0.232. The maximum absolute atomic E-state index is 10.6. The minimum atomic E-state index is -0.577. The lowest BCUT2D eigenvalue weighted by atomic mass is 10.1. The summed E-state index contributed by atoms with van der Waals surface area (Å²) >= 11 is 0. The Morgan fingerprint density at radius 2 is 2.07 bits per heavy atom. The van der Waals surface area contributed by atoms with Crippen LogP contribution in [0.1, 0.15) is 24.0 Å². The van der Waals surface area contributed by atoms with Gasteiger partial charge in [-0.3, -0.25) is 4.90 Å². The van der Waals surface area contributed by atoms with E-state index in [1.807, 2.05) is 49.4 Å². The number of para-hydroxylation sites is 1. The van der Waals surface area contributed by atoms with Crippen LogP contribution < -0.4 is 9.47 Å². The number of aliphatic hydroxyl groups is 1. The predicted molar refractivity (Wildman–Crippen MR) is 110 cm³/mol. The average molecular weight is 386 g/mol. The van der Waals surface area contributed by atoms with Crippen LogP contribution in [0.25, 0.3) is 0 Å². The van der Waals surface area contributed by atoms with E-state index in [2.05, 4.69) is 11.0 Å². The number of ether oxygens (including phenoxy) is 3. The molecule has 0 amide bonds. The molecular formula is C23H31NO4. The van der Waals surface area contributed by atoms with E-state index in [0.717, 1.165) is 55.2 Å². The highest BCUT2D eigenvalue weighted by molar-refractivity contribution is 5.31. The topological polar surface area (TPSA) is 51.2 Å². The number of hydrogen-bond acceptors (Lipinski definition) is 5. The summed E-state index contributed by atoms with van der Waals surface area (Å²) in [6.07, 6.45) is 1.84. The molecule has 2 aromatic carbocycles. The SMILES string of the molecule is COc1cccc(CN(C[C@@H](O)COc2ccccc2C)C[C@@H]2CCCO2)c1. The molecule has 3 rings (SSSR count). The van der Waals surface area contributed by atoms with Crippen molar-refractivity contribution < 1.29 is 19.3 Å². The van der Waals surface area contributed by atoms with Crippen molar-refractivity contribution in [3.05, 3.63) is 59.7 Å². The number of hydrogen-bond donors (Lipinski definition) is 1. The molecule has 152 valence electrons. The van der Waals surface area contributed by atoms with Crippen LogP contribution in [0.4, 0.5) is 0 Å². The fourth-order valence-corrected chi connectivity index (χ4v) is 3.56. The number of rotatable bonds is 10. The second-order valence-electron chi connectivity index (χ2n) is 7.41. The monoisotopic (exact) mass is 385 g/mol. The Bertz CT molecular complexity index is 730. The Morgan fingerprint density at radius 1 is 1.21 bits per heavy atom. The van der Waals surface area contributed by atoms with E-state index in [1.165, 1.54) is 0 Å². The van der Waals surface area contributed by atoms with Gasteiger partial charge in [-0.05, 0) is 49.1 Å². The van der Waals surface area contributed by atoms with Gasteiger partial charge in [0.25, 0.3) is 0 Å². The molecule has 1 heterocycles. The molecule has 0 radical (unpaired) electrons. The molecule has 0 aromatic heterocycles. The molecular weight excluding hydrogens is 354 g/mol. The van der Waals surface area contributed by atoms with Crippen molar-refractivity contribution >= 4 is 0 Å². The van der Waals surface area contributed by atoms with Gasteiger partial charge >= 0.3 is 0 Å². The van der Waals surface area contributed by atoms with Gasteiger partial charge in [0.2, 0.25) is 0 Å². The van der Waals surface area contributed by atoms with Crippen LogP contribution in [-0.2, 0) is 11.3 Å². The van der Waals surface area contributed by atoms with Gasteiger partial charge in [0.05, 0.1) is 13.2 Å². The van der Waals surface area contributed by atoms with Crippen LogP contribution >= 0.6 is 0 Å². The standard InChI is InChI=1S/C23H31NO4/c1-18-7-3-4-11-23(18)28-17-20(25)15-24(16-22-10-6-12-27-22)14-19-8-5-9-21(13-19)26-2/h3-5,7-9,11,13,20,22,25H,6,10,12,14-17H2,1-2H3/t20-,22+/m1/s1. The summed E-state index contributed by atoms with van der Waals surface area (Å²) in [6.45, 7) is 5.18. The molecule has 2 aromatic rings. The zero-order valence-electron chi connectivity index (χ0n) is 16.8. The van der Waals surface area contributed by atoms with Crippen molar-refractivity contribution in [3.8, 4) is 11.5 Å². The molecule has 5 nitrogen and oxygen atoms in total. The molecule has 1 aliphatic rings. The molecule has 1 N–H and O–H groups in total. The van der Waals surface area contributed by atoms with Crippen LogP contribution in [0.5, 0.6) is 11.5 Å². The number of aryl methyl sites for hydroxylation is 1. The van der Waals surface area contributed by atoms with Crippen molar-refractivity contribution in [1.82, 2.24) is 4.90 Å². The summed E-state index contributed by atoms with van der Waals surface area (Å²) in [5, 5.41) is 10.6. The molecule has 1 fully saturated rings. The normalized spacial score (nSPS) is 17.6. The molecule has 0 saturated carbocycles. The quantitative estimate of drug-likeness (QED) is 0.679. The van der Waals surface area contributed by atoms with Gasteiger partial charge in [0, 0.05) is 26.2 Å². The van der Waals surface area contributed by atoms with Crippen molar-refractivity contribution in [1.29, 1.82) is 0 Å². The van der Waals surface area contributed by atoms with Gasteiger partial charge in [0.1, 0.15) is 24.2 Å². The molecule has 1 saturated heterocycles. The smallest absolute Gasteiger partial charge is 0.122 e. The lowest BCUT2D eigenvalue weighted by molar-refractivity contribution is 0.0312. The predicted octanol–water partition coefficient (Wildman–Crippen LogP) is 3.42. The van der Waals surface area contributed by atoms with Gasteiger partial charge in [-0.1, -0.05) is 30.3 Å². The lowest BCUT2D eigenvalue weighted by Gasteiger charge is -2.27. The third kappa shape index (κ3) is 6.23. The number of nitrogens with zero attached hydrogens (tertiary/aromatic N) is 1. The highest BCUT2D eigenvalue weighted by Crippen LogP contribution is 2.19. The van der Waals surface area contributed by atoms with E-state index < -0.39 is 6.10 Å². The van der Waals surface area contributed by atoms with Crippen LogP contribution in [-0.4, -0.2) is 55.6 Å². The van der Waals surface area contributed by atoms with E-state index >= 15 is 0 Å². The Labute approximate surface area is 167 Å². The van der Waals surface area contributed by atoms with Gasteiger partial charge in [-0.2, -0.15) is 0 Å². The van der Waals surface area contributed by atoms with Crippen LogP contribution in [0.2, 0.25) is 0 Å². The fraction of sp³-hybridized carbons (Fsp3) is 0.478. The highest BCUT2D eigenvalue weighted by Gasteiger charge is 2.21. The fourth-order valence-electron chi connectivity index (χ4n) is 3.56. The van der Waals surface area contributed by atoms with Gasteiger partial charge in [-0.25, -0.2) is 0 Å². The maximum Gasteiger partial charge on any atom is 0.122 e. The van der Waals surface area contributed by atoms with Crippen LogP contribution in [0.15, 0.2) is 48.5 Å². The Hall–Kier alpha value is -2.08. The van der Waals surface area contributed by atoms with E-state index in [4.69, 9.17) is 14.2 Å². The van der Waals surface area contributed by atoms with E-state index in [0.29, 0.717) is 6.54 Å². The first kappa shape index (κ1) is 20.6. The highest BCUT2D eigenvalue weighted by atomic mass is 16.5. The van der Waals surface area contributed by atoms with E-state index in [9.17, 15) is 5.11 Å². The Kier molecular flexibility index (Phi) is 7.71. The summed E-state index contributed by atoms with van der Waals surface area (Å²) in [5.41, 5.74) is 2.23. The zero-order valence-corrected chi connectivity index (χ0v) is 16.8. The summed E-state index contributed by atoms with van der Waals surface area (Å²) in [6, 6.07) is 15.9. The summed E-state index contributed by atoms with van der Waals surface area (Å²) in [4.78, 5) is 2.25. The van der Waals surface area contributed by atoms with Crippen LogP contribution in [0.3, 0.4) is 0 Å². The van der Waals surface area contributed by atoms with Crippen molar-refractivity contribution in [2.45, 2.75) is 38.5 Å². The summed E-state index contributed by atoms with van der Waals surface area (Å²) < 4.78 is 17.0. The van der Waals surface area contributed by atoms with E-state index in [1.54, 1.807) is 7.11 Å². The number of benzene rings is 2. The molecule has 0 spiro atoms. The lowest BCUT2D eigenvalue weighted by Crippen LogP contribution is -2.39. The maximum atomic E-state index is 10.6. The molecule has 0 bridgehead atoms. The molecule has 1 aliphatic heterocycles. The molecule has 0 unspecified atom stereocenters.